The molecule has 2 aromatic carbocycles. The number of esters is 1. The minimum Gasteiger partial charge on any atom is -0.486 e. The number of hydrogen-bond acceptors (Lipinski definition) is 6. The predicted molar refractivity (Wildman–Crippen MR) is 105 cm³/mol. The fourth-order valence-electron chi connectivity index (χ4n) is 2.49. The minimum atomic E-state index is -0.599. The predicted octanol–water partition coefficient (Wildman–Crippen LogP) is 5.28. The molecule has 4 aromatic rings. The monoisotopic (exact) mass is 414 g/mol. The highest BCUT2D eigenvalue weighted by atomic mass is 35.5. The van der Waals surface area contributed by atoms with Crippen LogP contribution in [0.15, 0.2) is 60.1 Å². The van der Waals surface area contributed by atoms with Gasteiger partial charge in [-0.25, -0.2) is 14.2 Å². The van der Waals surface area contributed by atoms with Crippen molar-refractivity contribution >= 4 is 39.8 Å². The molecular weight excluding hydrogens is 403 g/mol. The van der Waals surface area contributed by atoms with Crippen molar-refractivity contribution in [3.05, 3.63) is 81.6 Å². The van der Waals surface area contributed by atoms with Gasteiger partial charge in [0, 0.05) is 17.0 Å². The Kier molecular flexibility index (Phi) is 5.18. The van der Waals surface area contributed by atoms with Crippen LogP contribution in [0.2, 0.25) is 5.02 Å². The van der Waals surface area contributed by atoms with E-state index in [4.69, 9.17) is 21.1 Å². The van der Waals surface area contributed by atoms with Gasteiger partial charge in [0.05, 0.1) is 5.02 Å². The van der Waals surface area contributed by atoms with Gasteiger partial charge in [-0.15, -0.1) is 11.3 Å². The van der Waals surface area contributed by atoms with Crippen molar-refractivity contribution in [3.63, 3.8) is 0 Å². The van der Waals surface area contributed by atoms with Gasteiger partial charge in [0.1, 0.15) is 28.7 Å². The SMILES string of the molecule is O=C(Oc1ccc(Cl)c2cccnc12)c1csc(COc2ccc(F)cc2)n1. The van der Waals surface area contributed by atoms with E-state index in [9.17, 15) is 9.18 Å². The Balaban J connectivity index is 1.46. The molecule has 2 heterocycles. The molecule has 0 aliphatic heterocycles. The summed E-state index contributed by atoms with van der Waals surface area (Å²) in [6.07, 6.45) is 1.60. The summed E-state index contributed by atoms with van der Waals surface area (Å²) in [5.41, 5.74) is 0.667. The maximum Gasteiger partial charge on any atom is 0.363 e. The van der Waals surface area contributed by atoms with E-state index in [0.717, 1.165) is 0 Å². The maximum atomic E-state index is 12.9. The minimum absolute atomic E-state index is 0.162. The van der Waals surface area contributed by atoms with Crippen LogP contribution >= 0.6 is 22.9 Å². The van der Waals surface area contributed by atoms with Gasteiger partial charge in [-0.3, -0.25) is 4.98 Å². The molecule has 0 bridgehead atoms. The zero-order chi connectivity index (χ0) is 19.5. The van der Waals surface area contributed by atoms with Gasteiger partial charge in [-0.2, -0.15) is 0 Å². The Labute approximate surface area is 168 Å². The summed E-state index contributed by atoms with van der Waals surface area (Å²) in [5, 5.41) is 3.41. The van der Waals surface area contributed by atoms with Gasteiger partial charge >= 0.3 is 5.97 Å². The zero-order valence-corrected chi connectivity index (χ0v) is 15.8. The fraction of sp³-hybridized carbons (Fsp3) is 0.0500. The number of carbonyl (C=O) groups is 1. The second-order valence-electron chi connectivity index (χ2n) is 5.70. The first kappa shape index (κ1) is 18.3. The summed E-state index contributed by atoms with van der Waals surface area (Å²) >= 11 is 7.42. The molecule has 2 aromatic heterocycles. The lowest BCUT2D eigenvalue weighted by molar-refractivity contribution is 0.0731. The molecule has 0 radical (unpaired) electrons. The second-order valence-corrected chi connectivity index (χ2v) is 7.05. The van der Waals surface area contributed by atoms with Crippen molar-refractivity contribution in [1.29, 1.82) is 0 Å². The lowest BCUT2D eigenvalue weighted by Crippen LogP contribution is -2.10. The van der Waals surface area contributed by atoms with E-state index >= 15 is 0 Å². The van der Waals surface area contributed by atoms with E-state index in [-0.39, 0.29) is 18.1 Å². The molecular formula is C20H12ClFN2O3S. The number of fused-ring (bicyclic) bond motifs is 1. The molecule has 0 aliphatic carbocycles. The van der Waals surface area contributed by atoms with Crippen LogP contribution in [-0.4, -0.2) is 15.9 Å². The quantitative estimate of drug-likeness (QED) is 0.328. The van der Waals surface area contributed by atoms with Crippen LogP contribution < -0.4 is 9.47 Å². The summed E-state index contributed by atoms with van der Waals surface area (Å²) < 4.78 is 23.9. The molecule has 0 saturated heterocycles. The number of halogens is 2. The maximum absolute atomic E-state index is 12.9. The van der Waals surface area contributed by atoms with E-state index in [1.807, 2.05) is 0 Å². The largest absolute Gasteiger partial charge is 0.486 e. The summed E-state index contributed by atoms with van der Waals surface area (Å²) in [6.45, 7) is 0.162. The molecule has 0 amide bonds. The standard InChI is InChI=1S/C20H12ClFN2O3S/c21-15-7-8-17(19-14(15)2-1-9-23-19)27-20(25)16-11-28-18(24-16)10-26-13-5-3-12(22)4-6-13/h1-9,11H,10H2. The molecule has 0 N–H and O–H groups in total. The summed E-state index contributed by atoms with van der Waals surface area (Å²) in [4.78, 5) is 20.9. The molecule has 5 nitrogen and oxygen atoms in total. The van der Waals surface area contributed by atoms with Gasteiger partial charge in [-0.1, -0.05) is 11.6 Å². The van der Waals surface area contributed by atoms with E-state index in [1.165, 1.54) is 35.6 Å². The Hall–Kier alpha value is -3.03. The second kappa shape index (κ2) is 7.92. The third-order valence-corrected chi connectivity index (χ3v) is 4.97. The first-order valence-electron chi connectivity index (χ1n) is 8.18. The molecule has 0 fully saturated rings. The summed E-state index contributed by atoms with van der Waals surface area (Å²) in [6, 6.07) is 12.5. The molecule has 8 heteroatoms. The van der Waals surface area contributed by atoms with Crippen LogP contribution in [0.25, 0.3) is 10.9 Å². The number of benzene rings is 2. The number of hydrogen-bond donors (Lipinski definition) is 0. The normalized spacial score (nSPS) is 10.8. The van der Waals surface area contributed by atoms with Gasteiger partial charge in [-0.05, 0) is 48.5 Å². The highest BCUT2D eigenvalue weighted by Crippen LogP contribution is 2.30. The van der Waals surface area contributed by atoms with Crippen LogP contribution in [0.5, 0.6) is 11.5 Å². The van der Waals surface area contributed by atoms with Gasteiger partial charge in [0.15, 0.2) is 11.4 Å². The Morgan fingerprint density at radius 1 is 1.14 bits per heavy atom. The molecule has 4 rings (SSSR count). The third kappa shape index (κ3) is 3.95. The smallest absolute Gasteiger partial charge is 0.363 e. The topological polar surface area (TPSA) is 61.3 Å². The number of aromatic nitrogens is 2. The van der Waals surface area contributed by atoms with Gasteiger partial charge in [0.2, 0.25) is 0 Å². The Morgan fingerprint density at radius 3 is 2.79 bits per heavy atom. The molecule has 0 aliphatic rings. The zero-order valence-electron chi connectivity index (χ0n) is 14.3. The Bertz CT molecular complexity index is 1150. The van der Waals surface area contributed by atoms with Crippen molar-refractivity contribution in [3.8, 4) is 11.5 Å². The lowest BCUT2D eigenvalue weighted by atomic mass is 10.2. The van der Waals surface area contributed by atoms with E-state index in [1.54, 1.807) is 35.8 Å². The van der Waals surface area contributed by atoms with Crippen molar-refractivity contribution in [2.45, 2.75) is 6.61 Å². The average Bonchev–Trinajstić information content (AvgIpc) is 3.19. The van der Waals surface area contributed by atoms with Gasteiger partial charge < -0.3 is 9.47 Å². The van der Waals surface area contributed by atoms with E-state index in [0.29, 0.717) is 32.4 Å². The van der Waals surface area contributed by atoms with Crippen LogP contribution in [-0.2, 0) is 6.61 Å². The number of nitrogens with zero attached hydrogens (tertiary/aromatic N) is 2. The number of ether oxygens (including phenoxy) is 2. The number of pyridine rings is 1. The van der Waals surface area contributed by atoms with Crippen molar-refractivity contribution in [2.75, 3.05) is 0 Å². The average molecular weight is 415 g/mol. The van der Waals surface area contributed by atoms with Crippen LogP contribution in [0.4, 0.5) is 4.39 Å². The van der Waals surface area contributed by atoms with Crippen LogP contribution in [0, 0.1) is 5.82 Å². The molecule has 0 spiro atoms. The Morgan fingerprint density at radius 2 is 1.96 bits per heavy atom. The fourth-order valence-corrected chi connectivity index (χ4v) is 3.38. The van der Waals surface area contributed by atoms with Crippen LogP contribution in [0.3, 0.4) is 0 Å². The highest BCUT2D eigenvalue weighted by molar-refractivity contribution is 7.09. The first-order valence-corrected chi connectivity index (χ1v) is 9.44. The lowest BCUT2D eigenvalue weighted by Gasteiger charge is -2.07. The van der Waals surface area contributed by atoms with Crippen LogP contribution in [0.1, 0.15) is 15.5 Å². The van der Waals surface area contributed by atoms with Crippen molar-refractivity contribution in [2.24, 2.45) is 0 Å². The number of rotatable bonds is 5. The van der Waals surface area contributed by atoms with E-state index in [2.05, 4.69) is 9.97 Å². The number of thiazole rings is 1. The highest BCUT2D eigenvalue weighted by Gasteiger charge is 2.16. The third-order valence-electron chi connectivity index (χ3n) is 3.82. The van der Waals surface area contributed by atoms with E-state index < -0.39 is 5.97 Å². The molecule has 28 heavy (non-hydrogen) atoms. The van der Waals surface area contributed by atoms with Crippen molar-refractivity contribution < 1.29 is 18.7 Å². The molecule has 0 atom stereocenters. The first-order chi connectivity index (χ1) is 13.6. The number of carbonyl (C=O) groups excluding carboxylic acids is 1. The van der Waals surface area contributed by atoms with Crippen molar-refractivity contribution in [1.82, 2.24) is 9.97 Å². The molecule has 0 saturated carbocycles. The van der Waals surface area contributed by atoms with Gasteiger partial charge in [0.25, 0.3) is 0 Å². The molecule has 140 valence electrons. The molecule has 0 unspecified atom stereocenters. The summed E-state index contributed by atoms with van der Waals surface area (Å²) in [7, 11) is 0. The summed E-state index contributed by atoms with van der Waals surface area (Å²) in [5.74, 6) is -0.115.